The van der Waals surface area contributed by atoms with Gasteiger partial charge in [-0.05, 0) is 39.8 Å². The third-order valence-corrected chi connectivity index (χ3v) is 3.93. The second-order valence-corrected chi connectivity index (χ2v) is 7.65. The van der Waals surface area contributed by atoms with Gasteiger partial charge in [0.05, 0.1) is 10.2 Å². The SMILES string of the molecule is CC(Sc1ccc([N+](=O)[O-])cc1)C(=O)NCCNC(=O)OC(C)(C)C. The summed E-state index contributed by atoms with van der Waals surface area (Å²) in [7, 11) is 0. The lowest BCUT2D eigenvalue weighted by Crippen LogP contribution is -2.39. The van der Waals surface area contributed by atoms with Crippen LogP contribution < -0.4 is 10.6 Å². The number of benzene rings is 1. The van der Waals surface area contributed by atoms with Crippen molar-refractivity contribution in [2.24, 2.45) is 0 Å². The molecule has 0 heterocycles. The number of rotatable bonds is 7. The number of non-ortho nitro benzene ring substituents is 1. The summed E-state index contributed by atoms with van der Waals surface area (Å²) < 4.78 is 5.08. The van der Waals surface area contributed by atoms with E-state index < -0.39 is 16.6 Å². The Kier molecular flexibility index (Phi) is 7.69. The summed E-state index contributed by atoms with van der Waals surface area (Å²) in [5, 5.41) is 15.5. The lowest BCUT2D eigenvalue weighted by molar-refractivity contribution is -0.384. The maximum atomic E-state index is 12.0. The van der Waals surface area contributed by atoms with E-state index in [1.165, 1.54) is 23.9 Å². The average molecular weight is 369 g/mol. The first-order valence-electron chi connectivity index (χ1n) is 7.74. The van der Waals surface area contributed by atoms with E-state index in [1.54, 1.807) is 39.8 Å². The van der Waals surface area contributed by atoms with Gasteiger partial charge in [-0.25, -0.2) is 4.79 Å². The fraction of sp³-hybridized carbons (Fsp3) is 0.500. The van der Waals surface area contributed by atoms with E-state index in [1.807, 2.05) is 0 Å². The molecule has 1 aromatic rings. The number of carbonyl (C=O) groups excluding carboxylic acids is 2. The number of ether oxygens (including phenoxy) is 1. The Labute approximate surface area is 150 Å². The molecule has 1 rings (SSSR count). The Balaban J connectivity index is 2.32. The number of hydrogen-bond acceptors (Lipinski definition) is 6. The van der Waals surface area contributed by atoms with E-state index in [4.69, 9.17) is 4.74 Å². The lowest BCUT2D eigenvalue weighted by Gasteiger charge is -2.19. The molecule has 9 heteroatoms. The summed E-state index contributed by atoms with van der Waals surface area (Å²) in [6.45, 7) is 7.59. The van der Waals surface area contributed by atoms with Gasteiger partial charge >= 0.3 is 6.09 Å². The van der Waals surface area contributed by atoms with Gasteiger partial charge in [-0.1, -0.05) is 0 Å². The van der Waals surface area contributed by atoms with Gasteiger partial charge in [0.15, 0.2) is 0 Å². The Morgan fingerprint density at radius 3 is 2.28 bits per heavy atom. The van der Waals surface area contributed by atoms with Gasteiger partial charge in [-0.3, -0.25) is 14.9 Å². The fourth-order valence-corrected chi connectivity index (χ4v) is 2.60. The minimum atomic E-state index is -0.566. The van der Waals surface area contributed by atoms with Crippen LogP contribution >= 0.6 is 11.8 Å². The Bertz CT molecular complexity index is 613. The van der Waals surface area contributed by atoms with Crippen LogP contribution in [0.15, 0.2) is 29.2 Å². The smallest absolute Gasteiger partial charge is 0.407 e. The van der Waals surface area contributed by atoms with Gasteiger partial charge in [0.2, 0.25) is 5.91 Å². The first-order valence-corrected chi connectivity index (χ1v) is 8.62. The molecule has 0 fully saturated rings. The van der Waals surface area contributed by atoms with Crippen molar-refractivity contribution < 1.29 is 19.2 Å². The highest BCUT2D eigenvalue weighted by atomic mass is 32.2. The highest BCUT2D eigenvalue weighted by Gasteiger charge is 2.17. The second kappa shape index (κ2) is 9.26. The number of hydrogen-bond donors (Lipinski definition) is 2. The first-order chi connectivity index (χ1) is 11.6. The van der Waals surface area contributed by atoms with Crippen molar-refractivity contribution in [3.63, 3.8) is 0 Å². The molecule has 1 atom stereocenters. The minimum Gasteiger partial charge on any atom is -0.444 e. The van der Waals surface area contributed by atoms with E-state index >= 15 is 0 Å². The van der Waals surface area contributed by atoms with Gasteiger partial charge in [0.1, 0.15) is 5.60 Å². The van der Waals surface area contributed by atoms with Crippen LogP contribution in [0.25, 0.3) is 0 Å². The highest BCUT2D eigenvalue weighted by Crippen LogP contribution is 2.25. The normalized spacial score (nSPS) is 12.2. The number of thioether (sulfide) groups is 1. The monoisotopic (exact) mass is 369 g/mol. The molecule has 0 aliphatic heterocycles. The Morgan fingerprint density at radius 1 is 1.20 bits per heavy atom. The molecule has 0 bridgehead atoms. The molecule has 0 spiro atoms. The summed E-state index contributed by atoms with van der Waals surface area (Å²) in [4.78, 5) is 34.4. The zero-order valence-electron chi connectivity index (χ0n) is 14.7. The largest absolute Gasteiger partial charge is 0.444 e. The minimum absolute atomic E-state index is 0.00896. The van der Waals surface area contributed by atoms with E-state index in [9.17, 15) is 19.7 Å². The van der Waals surface area contributed by atoms with Crippen LogP contribution in [0.4, 0.5) is 10.5 Å². The van der Waals surface area contributed by atoms with Crippen LogP contribution in [0.5, 0.6) is 0 Å². The Morgan fingerprint density at radius 2 is 1.76 bits per heavy atom. The van der Waals surface area contributed by atoms with Crippen LogP contribution in [0.3, 0.4) is 0 Å². The van der Waals surface area contributed by atoms with Gasteiger partial charge < -0.3 is 15.4 Å². The van der Waals surface area contributed by atoms with Crippen molar-refractivity contribution in [3.05, 3.63) is 34.4 Å². The number of alkyl carbamates (subject to hydrolysis) is 1. The molecule has 1 unspecified atom stereocenters. The molecular formula is C16H23N3O5S. The fourth-order valence-electron chi connectivity index (χ4n) is 1.71. The van der Waals surface area contributed by atoms with Crippen molar-refractivity contribution >= 4 is 29.4 Å². The first kappa shape index (κ1) is 20.8. The average Bonchev–Trinajstić information content (AvgIpc) is 2.50. The van der Waals surface area contributed by atoms with Crippen molar-refractivity contribution in [3.8, 4) is 0 Å². The molecule has 1 aromatic carbocycles. The molecule has 2 amide bonds. The van der Waals surface area contributed by atoms with Crippen molar-refractivity contribution in [1.29, 1.82) is 0 Å². The van der Waals surface area contributed by atoms with Crippen LogP contribution in [0, 0.1) is 10.1 Å². The van der Waals surface area contributed by atoms with E-state index in [-0.39, 0.29) is 29.9 Å². The number of nitro groups is 1. The maximum absolute atomic E-state index is 12.0. The molecule has 0 saturated carbocycles. The predicted molar refractivity (Wildman–Crippen MR) is 95.7 cm³/mol. The van der Waals surface area contributed by atoms with Crippen LogP contribution in [-0.2, 0) is 9.53 Å². The van der Waals surface area contributed by atoms with Crippen molar-refractivity contribution in [2.75, 3.05) is 13.1 Å². The molecule has 25 heavy (non-hydrogen) atoms. The summed E-state index contributed by atoms with van der Waals surface area (Å²) in [5.74, 6) is -0.186. The zero-order valence-corrected chi connectivity index (χ0v) is 15.5. The van der Waals surface area contributed by atoms with Gasteiger partial charge in [0.25, 0.3) is 5.69 Å². The van der Waals surface area contributed by atoms with Gasteiger partial charge in [-0.15, -0.1) is 11.8 Å². The molecular weight excluding hydrogens is 346 g/mol. The quantitative estimate of drug-likeness (QED) is 0.331. The molecule has 0 radical (unpaired) electrons. The van der Waals surface area contributed by atoms with E-state index in [0.29, 0.717) is 0 Å². The topological polar surface area (TPSA) is 111 Å². The van der Waals surface area contributed by atoms with Gasteiger partial charge in [0, 0.05) is 30.1 Å². The van der Waals surface area contributed by atoms with E-state index in [0.717, 1.165) is 4.90 Å². The van der Waals surface area contributed by atoms with Crippen molar-refractivity contribution in [2.45, 2.75) is 43.4 Å². The number of amides is 2. The molecule has 0 aliphatic rings. The number of nitrogens with zero attached hydrogens (tertiary/aromatic N) is 1. The number of nitro benzene ring substituents is 1. The summed E-state index contributed by atoms with van der Waals surface area (Å²) in [5.41, 5.74) is -0.557. The predicted octanol–water partition coefficient (Wildman–Crippen LogP) is 2.72. The summed E-state index contributed by atoms with van der Waals surface area (Å²) in [6, 6.07) is 6.02. The van der Waals surface area contributed by atoms with Crippen LogP contribution in [0.2, 0.25) is 0 Å². The van der Waals surface area contributed by atoms with Crippen molar-refractivity contribution in [1.82, 2.24) is 10.6 Å². The molecule has 0 aliphatic carbocycles. The van der Waals surface area contributed by atoms with Crippen LogP contribution in [0.1, 0.15) is 27.7 Å². The third-order valence-electron chi connectivity index (χ3n) is 2.82. The zero-order chi connectivity index (χ0) is 19.0. The number of nitrogens with one attached hydrogen (secondary N) is 2. The molecule has 8 nitrogen and oxygen atoms in total. The highest BCUT2D eigenvalue weighted by molar-refractivity contribution is 8.00. The van der Waals surface area contributed by atoms with E-state index in [2.05, 4.69) is 10.6 Å². The van der Waals surface area contributed by atoms with Gasteiger partial charge in [-0.2, -0.15) is 0 Å². The molecule has 2 N–H and O–H groups in total. The number of carbonyl (C=O) groups is 2. The standard InChI is InChI=1S/C16H23N3O5S/c1-11(25-13-7-5-12(6-8-13)19(22)23)14(20)17-9-10-18-15(21)24-16(2,3)4/h5-8,11H,9-10H2,1-4H3,(H,17,20)(H,18,21). The summed E-state index contributed by atoms with van der Waals surface area (Å²) >= 11 is 1.30. The molecule has 0 aromatic heterocycles. The third kappa shape index (κ3) is 8.39. The molecule has 0 saturated heterocycles. The lowest BCUT2D eigenvalue weighted by atomic mass is 10.2. The maximum Gasteiger partial charge on any atom is 0.407 e. The Hall–Kier alpha value is -2.29. The molecule has 138 valence electrons. The second-order valence-electron chi connectivity index (χ2n) is 6.23. The summed E-state index contributed by atoms with van der Waals surface area (Å²) in [6.07, 6.45) is -0.532. The van der Waals surface area contributed by atoms with Crippen LogP contribution in [-0.4, -0.2) is 40.9 Å².